The van der Waals surface area contributed by atoms with Gasteiger partial charge in [-0.15, -0.1) is 0 Å². The lowest BCUT2D eigenvalue weighted by Gasteiger charge is -2.24. The minimum Gasteiger partial charge on any atom is -0.379 e. The molecule has 0 spiro atoms. The number of nitrogens with zero attached hydrogens (tertiary/aromatic N) is 2. The van der Waals surface area contributed by atoms with Gasteiger partial charge in [0.2, 0.25) is 0 Å². The second-order valence-electron chi connectivity index (χ2n) is 4.12. The van der Waals surface area contributed by atoms with Gasteiger partial charge in [-0.2, -0.15) is 0 Å². The van der Waals surface area contributed by atoms with Gasteiger partial charge in [0.05, 0.1) is 11.9 Å². The summed E-state index contributed by atoms with van der Waals surface area (Å²) < 4.78 is 12.8. The number of aliphatic hydroxyl groups is 1. The van der Waals surface area contributed by atoms with Gasteiger partial charge in [0.15, 0.2) is 0 Å². The van der Waals surface area contributed by atoms with Crippen molar-refractivity contribution < 1.29 is 9.50 Å². The van der Waals surface area contributed by atoms with Crippen LogP contribution in [0.1, 0.15) is 23.7 Å². The van der Waals surface area contributed by atoms with Crippen LogP contribution < -0.4 is 0 Å². The molecule has 1 N–H and O–H groups in total. The molecule has 2 heterocycles. The fourth-order valence-corrected chi connectivity index (χ4v) is 1.78. The van der Waals surface area contributed by atoms with E-state index in [4.69, 9.17) is 0 Å². The quantitative estimate of drug-likeness (QED) is 0.863. The molecule has 0 saturated heterocycles. The Kier molecular flexibility index (Phi) is 2.90. The van der Waals surface area contributed by atoms with Crippen LogP contribution in [0.4, 0.5) is 4.39 Å². The van der Waals surface area contributed by atoms with Crippen LogP contribution in [0.15, 0.2) is 36.8 Å². The van der Waals surface area contributed by atoms with Crippen molar-refractivity contribution >= 4 is 0 Å². The molecule has 4 heteroatoms. The molecule has 1 unspecified atom stereocenters. The summed E-state index contributed by atoms with van der Waals surface area (Å²) in [6, 6.07) is 4.57. The molecule has 17 heavy (non-hydrogen) atoms. The van der Waals surface area contributed by atoms with Crippen LogP contribution in [-0.2, 0) is 5.60 Å². The number of pyridine rings is 2. The summed E-state index contributed by atoms with van der Waals surface area (Å²) in [5, 5.41) is 10.5. The number of hydrogen-bond donors (Lipinski definition) is 1. The van der Waals surface area contributed by atoms with Gasteiger partial charge in [-0.05, 0) is 37.6 Å². The predicted octanol–water partition coefficient (Wildman–Crippen LogP) is 2.18. The van der Waals surface area contributed by atoms with Crippen LogP contribution in [-0.4, -0.2) is 15.1 Å². The largest absolute Gasteiger partial charge is 0.379 e. The second kappa shape index (κ2) is 4.22. The Labute approximate surface area is 99.0 Å². The average Bonchev–Trinajstić information content (AvgIpc) is 2.30. The molecule has 0 fully saturated rings. The zero-order chi connectivity index (χ0) is 12.5. The highest BCUT2D eigenvalue weighted by Gasteiger charge is 2.28. The molecule has 3 nitrogen and oxygen atoms in total. The zero-order valence-electron chi connectivity index (χ0n) is 9.68. The van der Waals surface area contributed by atoms with Crippen molar-refractivity contribution in [2.24, 2.45) is 0 Å². The highest BCUT2D eigenvalue weighted by Crippen LogP contribution is 2.29. The van der Waals surface area contributed by atoms with Crippen LogP contribution in [0.2, 0.25) is 0 Å². The van der Waals surface area contributed by atoms with Crippen LogP contribution in [0.25, 0.3) is 0 Å². The maximum atomic E-state index is 12.8. The van der Waals surface area contributed by atoms with Gasteiger partial charge < -0.3 is 5.11 Å². The van der Waals surface area contributed by atoms with Gasteiger partial charge in [-0.3, -0.25) is 9.97 Å². The molecule has 2 aromatic rings. The van der Waals surface area contributed by atoms with Crippen molar-refractivity contribution in [3.63, 3.8) is 0 Å². The summed E-state index contributed by atoms with van der Waals surface area (Å²) in [5.41, 5.74) is 0.705. The summed E-state index contributed by atoms with van der Waals surface area (Å²) in [5.74, 6) is -0.424. The zero-order valence-corrected chi connectivity index (χ0v) is 9.68. The smallest absolute Gasteiger partial charge is 0.141 e. The van der Waals surface area contributed by atoms with E-state index in [2.05, 4.69) is 9.97 Å². The van der Waals surface area contributed by atoms with Crippen molar-refractivity contribution in [2.75, 3.05) is 0 Å². The standard InChI is InChI=1S/C13H13FN2O/c1-9-5-6-15-8-11(9)13(2,17)12-4-3-10(14)7-16-12/h3-8,17H,1-2H3. The van der Waals surface area contributed by atoms with E-state index < -0.39 is 11.4 Å². The van der Waals surface area contributed by atoms with E-state index in [1.807, 2.05) is 13.0 Å². The Morgan fingerprint density at radius 3 is 2.59 bits per heavy atom. The minimum atomic E-state index is -1.27. The monoisotopic (exact) mass is 232 g/mol. The Hall–Kier alpha value is -1.81. The molecule has 88 valence electrons. The van der Waals surface area contributed by atoms with Crippen LogP contribution in [0.5, 0.6) is 0 Å². The predicted molar refractivity (Wildman–Crippen MR) is 61.8 cm³/mol. The van der Waals surface area contributed by atoms with E-state index in [1.165, 1.54) is 12.1 Å². The summed E-state index contributed by atoms with van der Waals surface area (Å²) in [6.45, 7) is 3.51. The molecule has 0 aliphatic rings. The topological polar surface area (TPSA) is 46.0 Å². The number of halogens is 1. The highest BCUT2D eigenvalue weighted by molar-refractivity contribution is 5.34. The lowest BCUT2D eigenvalue weighted by atomic mass is 9.90. The molecule has 0 bridgehead atoms. The van der Waals surface area contributed by atoms with E-state index >= 15 is 0 Å². The van der Waals surface area contributed by atoms with Gasteiger partial charge in [0, 0.05) is 18.0 Å². The Morgan fingerprint density at radius 2 is 2.00 bits per heavy atom. The number of hydrogen-bond acceptors (Lipinski definition) is 3. The van der Waals surface area contributed by atoms with Gasteiger partial charge in [-0.1, -0.05) is 0 Å². The van der Waals surface area contributed by atoms with E-state index in [0.717, 1.165) is 11.8 Å². The molecule has 2 rings (SSSR count). The Morgan fingerprint density at radius 1 is 1.24 bits per heavy atom. The van der Waals surface area contributed by atoms with Gasteiger partial charge in [0.1, 0.15) is 11.4 Å². The maximum Gasteiger partial charge on any atom is 0.141 e. The molecule has 0 aliphatic heterocycles. The molecule has 0 radical (unpaired) electrons. The van der Waals surface area contributed by atoms with E-state index in [9.17, 15) is 9.50 Å². The first kappa shape index (κ1) is 11.7. The van der Waals surface area contributed by atoms with Crippen molar-refractivity contribution in [1.82, 2.24) is 9.97 Å². The number of rotatable bonds is 2. The van der Waals surface area contributed by atoms with Crippen molar-refractivity contribution in [3.8, 4) is 0 Å². The fourth-order valence-electron chi connectivity index (χ4n) is 1.78. The van der Waals surface area contributed by atoms with Crippen molar-refractivity contribution in [1.29, 1.82) is 0 Å². The second-order valence-corrected chi connectivity index (χ2v) is 4.12. The van der Waals surface area contributed by atoms with Crippen LogP contribution in [0, 0.1) is 12.7 Å². The summed E-state index contributed by atoms with van der Waals surface area (Å²) in [6.07, 6.45) is 4.35. The Balaban J connectivity index is 2.49. The third kappa shape index (κ3) is 2.17. The van der Waals surface area contributed by atoms with Crippen molar-refractivity contribution in [3.05, 3.63) is 59.4 Å². The molecule has 1 atom stereocenters. The Bertz CT molecular complexity index is 523. The molecular weight excluding hydrogens is 219 g/mol. The molecule has 2 aromatic heterocycles. The third-order valence-electron chi connectivity index (χ3n) is 2.79. The van der Waals surface area contributed by atoms with Gasteiger partial charge in [0.25, 0.3) is 0 Å². The van der Waals surface area contributed by atoms with Crippen LogP contribution >= 0.6 is 0 Å². The lowest BCUT2D eigenvalue weighted by Crippen LogP contribution is -2.25. The van der Waals surface area contributed by atoms with Crippen LogP contribution in [0.3, 0.4) is 0 Å². The molecule has 0 saturated carbocycles. The SMILES string of the molecule is Cc1ccncc1C(C)(O)c1ccc(F)cn1. The molecule has 0 aliphatic carbocycles. The molecular formula is C13H13FN2O. The summed E-state index contributed by atoms with van der Waals surface area (Å²) >= 11 is 0. The minimum absolute atomic E-state index is 0.398. The number of aryl methyl sites for hydroxylation is 1. The summed E-state index contributed by atoms with van der Waals surface area (Å²) in [4.78, 5) is 7.91. The van der Waals surface area contributed by atoms with E-state index in [0.29, 0.717) is 11.3 Å². The lowest BCUT2D eigenvalue weighted by molar-refractivity contribution is 0.0962. The molecule has 0 amide bonds. The first-order chi connectivity index (χ1) is 8.01. The summed E-state index contributed by atoms with van der Waals surface area (Å²) in [7, 11) is 0. The first-order valence-corrected chi connectivity index (χ1v) is 5.27. The normalized spacial score (nSPS) is 14.4. The first-order valence-electron chi connectivity index (χ1n) is 5.27. The van der Waals surface area contributed by atoms with E-state index in [1.54, 1.807) is 19.3 Å². The average molecular weight is 232 g/mol. The van der Waals surface area contributed by atoms with Crippen molar-refractivity contribution in [2.45, 2.75) is 19.4 Å². The van der Waals surface area contributed by atoms with Gasteiger partial charge >= 0.3 is 0 Å². The molecule has 0 aromatic carbocycles. The van der Waals surface area contributed by atoms with E-state index in [-0.39, 0.29) is 0 Å². The third-order valence-corrected chi connectivity index (χ3v) is 2.79. The highest BCUT2D eigenvalue weighted by atomic mass is 19.1. The fraction of sp³-hybridized carbons (Fsp3) is 0.231. The maximum absolute atomic E-state index is 12.8. The number of aromatic nitrogens is 2. The van der Waals surface area contributed by atoms with Gasteiger partial charge in [-0.25, -0.2) is 4.39 Å².